The average Bonchev–Trinajstić information content (AvgIpc) is 3.11. The summed E-state index contributed by atoms with van der Waals surface area (Å²) in [6, 6.07) is 56.8. The zero-order chi connectivity index (χ0) is 29.3. The maximum absolute atomic E-state index is 5.26. The van der Waals surface area contributed by atoms with Gasteiger partial charge < -0.3 is 0 Å². The van der Waals surface area contributed by atoms with Gasteiger partial charge in [0.25, 0.3) is 0 Å². The zero-order valence-corrected chi connectivity index (χ0v) is 23.9. The lowest BCUT2D eigenvalue weighted by molar-refractivity contribution is 1.08. The third-order valence-corrected chi connectivity index (χ3v) is 8.13. The highest BCUT2D eigenvalue weighted by molar-refractivity contribution is 6.06. The molecule has 0 bridgehead atoms. The lowest BCUT2D eigenvalue weighted by Gasteiger charge is -2.16. The van der Waals surface area contributed by atoms with Crippen LogP contribution < -0.4 is 0 Å². The molecule has 0 radical (unpaired) electrons. The normalized spacial score (nSPS) is 11.2. The van der Waals surface area contributed by atoms with Gasteiger partial charge in [-0.05, 0) is 38.9 Å². The monoisotopic (exact) mass is 561 g/mol. The van der Waals surface area contributed by atoms with E-state index in [0.717, 1.165) is 55.1 Å². The van der Waals surface area contributed by atoms with E-state index in [-0.39, 0.29) is 0 Å². The standard InChI is InChI=1S/C41H27N3/c1-4-14-28(15-5-1)34-24-12-21-31-22-13-25-35(37(31)34)40-42-39(32-19-8-3-9-20-32)43-41(44-40)36-27-26-29-16-10-11-23-33(29)38(36)30-17-6-2-7-18-30/h1-27H. The lowest BCUT2D eigenvalue weighted by atomic mass is 9.92. The Hall–Kier alpha value is -5.93. The molecule has 8 aromatic rings. The molecule has 0 saturated heterocycles. The van der Waals surface area contributed by atoms with Gasteiger partial charge in [-0.1, -0.05) is 158 Å². The number of hydrogen-bond acceptors (Lipinski definition) is 3. The topological polar surface area (TPSA) is 38.7 Å². The van der Waals surface area contributed by atoms with Crippen molar-refractivity contribution in [2.45, 2.75) is 0 Å². The molecule has 0 amide bonds. The Kier molecular flexibility index (Phi) is 6.47. The number of hydrogen-bond donors (Lipinski definition) is 0. The third-order valence-electron chi connectivity index (χ3n) is 8.13. The Bertz CT molecular complexity index is 2260. The first-order valence-electron chi connectivity index (χ1n) is 14.8. The smallest absolute Gasteiger partial charge is 0.164 e. The first kappa shape index (κ1) is 25.8. The van der Waals surface area contributed by atoms with Crippen LogP contribution in [0.4, 0.5) is 0 Å². The van der Waals surface area contributed by atoms with E-state index in [2.05, 4.69) is 133 Å². The van der Waals surface area contributed by atoms with Crippen LogP contribution in [0.1, 0.15) is 0 Å². The van der Waals surface area contributed by atoms with Crippen molar-refractivity contribution in [2.75, 3.05) is 0 Å². The molecule has 0 N–H and O–H groups in total. The van der Waals surface area contributed by atoms with Crippen LogP contribution >= 0.6 is 0 Å². The molecule has 206 valence electrons. The summed E-state index contributed by atoms with van der Waals surface area (Å²) in [5.74, 6) is 1.94. The predicted octanol–water partition coefficient (Wildman–Crippen LogP) is 10.5. The van der Waals surface area contributed by atoms with Crippen LogP contribution in [0.25, 0.3) is 78.0 Å². The molecule has 0 aliphatic carbocycles. The van der Waals surface area contributed by atoms with Crippen LogP contribution in [0.3, 0.4) is 0 Å². The van der Waals surface area contributed by atoms with Gasteiger partial charge in [-0.3, -0.25) is 0 Å². The van der Waals surface area contributed by atoms with Gasteiger partial charge in [0.15, 0.2) is 17.5 Å². The molecule has 3 heteroatoms. The van der Waals surface area contributed by atoms with Crippen LogP contribution in [0.5, 0.6) is 0 Å². The van der Waals surface area contributed by atoms with E-state index in [9.17, 15) is 0 Å². The summed E-state index contributed by atoms with van der Waals surface area (Å²) in [5, 5.41) is 4.60. The molecule has 0 unspecified atom stereocenters. The largest absolute Gasteiger partial charge is 0.208 e. The van der Waals surface area contributed by atoms with Crippen LogP contribution in [0.15, 0.2) is 164 Å². The van der Waals surface area contributed by atoms with Crippen molar-refractivity contribution in [3.05, 3.63) is 164 Å². The van der Waals surface area contributed by atoms with Gasteiger partial charge in [-0.25, -0.2) is 15.0 Å². The fourth-order valence-electron chi connectivity index (χ4n) is 6.09. The second-order valence-electron chi connectivity index (χ2n) is 10.8. The molecule has 0 spiro atoms. The van der Waals surface area contributed by atoms with Crippen LogP contribution in [0, 0.1) is 0 Å². The summed E-state index contributed by atoms with van der Waals surface area (Å²) in [6.45, 7) is 0. The number of rotatable bonds is 5. The quantitative estimate of drug-likeness (QED) is 0.210. The van der Waals surface area contributed by atoms with Gasteiger partial charge in [0.1, 0.15) is 0 Å². The maximum atomic E-state index is 5.26. The van der Waals surface area contributed by atoms with Crippen molar-refractivity contribution in [3.63, 3.8) is 0 Å². The van der Waals surface area contributed by atoms with E-state index < -0.39 is 0 Å². The van der Waals surface area contributed by atoms with Gasteiger partial charge >= 0.3 is 0 Å². The second-order valence-corrected chi connectivity index (χ2v) is 10.8. The Labute approximate surface area is 256 Å². The van der Waals surface area contributed by atoms with E-state index in [1.165, 1.54) is 5.39 Å². The molecule has 0 atom stereocenters. The summed E-state index contributed by atoms with van der Waals surface area (Å²) in [6.07, 6.45) is 0. The lowest BCUT2D eigenvalue weighted by Crippen LogP contribution is -2.02. The van der Waals surface area contributed by atoms with Crippen LogP contribution in [-0.4, -0.2) is 15.0 Å². The number of benzene rings is 7. The van der Waals surface area contributed by atoms with Crippen molar-refractivity contribution in [3.8, 4) is 56.4 Å². The van der Waals surface area contributed by atoms with Crippen molar-refractivity contribution < 1.29 is 0 Å². The molecule has 0 saturated carbocycles. The van der Waals surface area contributed by atoms with E-state index in [1.54, 1.807) is 0 Å². The molecule has 1 heterocycles. The molecule has 0 fully saturated rings. The van der Waals surface area contributed by atoms with Gasteiger partial charge in [-0.15, -0.1) is 0 Å². The fourth-order valence-corrected chi connectivity index (χ4v) is 6.09. The van der Waals surface area contributed by atoms with Crippen molar-refractivity contribution in [2.24, 2.45) is 0 Å². The summed E-state index contributed by atoms with van der Waals surface area (Å²) in [4.78, 5) is 15.5. The highest BCUT2D eigenvalue weighted by atomic mass is 15.0. The van der Waals surface area contributed by atoms with Gasteiger partial charge in [0.05, 0.1) is 0 Å². The summed E-state index contributed by atoms with van der Waals surface area (Å²) in [5.41, 5.74) is 7.44. The van der Waals surface area contributed by atoms with Gasteiger partial charge in [-0.2, -0.15) is 0 Å². The SMILES string of the molecule is c1ccc(-c2nc(-c3ccc4ccccc4c3-c3ccccc3)nc(-c3cccc4cccc(-c5ccccc5)c34)n2)cc1. The summed E-state index contributed by atoms with van der Waals surface area (Å²) < 4.78 is 0. The molecular formula is C41H27N3. The molecule has 44 heavy (non-hydrogen) atoms. The molecule has 8 rings (SSSR count). The minimum absolute atomic E-state index is 0.645. The summed E-state index contributed by atoms with van der Waals surface area (Å²) >= 11 is 0. The number of nitrogens with zero attached hydrogens (tertiary/aromatic N) is 3. The van der Waals surface area contributed by atoms with Crippen molar-refractivity contribution in [1.82, 2.24) is 15.0 Å². The molecule has 1 aromatic heterocycles. The van der Waals surface area contributed by atoms with Crippen LogP contribution in [-0.2, 0) is 0 Å². The number of fused-ring (bicyclic) bond motifs is 2. The third kappa shape index (κ3) is 4.61. The molecule has 7 aromatic carbocycles. The minimum Gasteiger partial charge on any atom is -0.208 e. The first-order chi connectivity index (χ1) is 21.8. The Morgan fingerprint density at radius 1 is 0.295 bits per heavy atom. The van der Waals surface area contributed by atoms with Gasteiger partial charge in [0, 0.05) is 27.6 Å². The highest BCUT2D eigenvalue weighted by Crippen LogP contribution is 2.40. The van der Waals surface area contributed by atoms with Crippen molar-refractivity contribution in [1.29, 1.82) is 0 Å². The van der Waals surface area contributed by atoms with E-state index in [4.69, 9.17) is 15.0 Å². The Morgan fingerprint density at radius 3 is 1.52 bits per heavy atom. The minimum atomic E-state index is 0.645. The van der Waals surface area contributed by atoms with E-state index in [0.29, 0.717) is 17.5 Å². The van der Waals surface area contributed by atoms with Gasteiger partial charge in [0.2, 0.25) is 0 Å². The second kappa shape index (κ2) is 11.0. The zero-order valence-electron chi connectivity index (χ0n) is 23.9. The van der Waals surface area contributed by atoms with Crippen LogP contribution in [0.2, 0.25) is 0 Å². The Balaban J connectivity index is 1.44. The number of aromatic nitrogens is 3. The summed E-state index contributed by atoms with van der Waals surface area (Å²) in [7, 11) is 0. The average molecular weight is 562 g/mol. The first-order valence-corrected chi connectivity index (χ1v) is 14.8. The van der Waals surface area contributed by atoms with E-state index >= 15 is 0 Å². The predicted molar refractivity (Wildman–Crippen MR) is 182 cm³/mol. The van der Waals surface area contributed by atoms with E-state index in [1.807, 2.05) is 30.3 Å². The highest BCUT2D eigenvalue weighted by Gasteiger charge is 2.19. The molecule has 3 nitrogen and oxygen atoms in total. The molecule has 0 aliphatic heterocycles. The van der Waals surface area contributed by atoms with Crippen molar-refractivity contribution >= 4 is 21.5 Å². The fraction of sp³-hybridized carbons (Fsp3) is 0. The maximum Gasteiger partial charge on any atom is 0.164 e. The molecular weight excluding hydrogens is 534 g/mol. The Morgan fingerprint density at radius 2 is 0.818 bits per heavy atom. The molecule has 0 aliphatic rings.